The zero-order chi connectivity index (χ0) is 16.5. The minimum atomic E-state index is -1.34. The first-order chi connectivity index (χ1) is 10.3. The number of ether oxygens (including phenoxy) is 2. The fourth-order valence-corrected chi connectivity index (χ4v) is 3.03. The number of hydrogen-bond acceptors (Lipinski definition) is 6. The summed E-state index contributed by atoms with van der Waals surface area (Å²) in [4.78, 5) is 14.4. The largest absolute Gasteiger partial charge is 0.391 e. The van der Waals surface area contributed by atoms with Gasteiger partial charge < -0.3 is 20.3 Å². The number of hydrogen-bond donors (Lipinski definition) is 2. The quantitative estimate of drug-likeness (QED) is 0.604. The molecule has 1 unspecified atom stereocenters. The van der Waals surface area contributed by atoms with Gasteiger partial charge in [-0.1, -0.05) is 17.5 Å². The molecule has 0 bridgehead atoms. The van der Waals surface area contributed by atoms with Gasteiger partial charge in [0.15, 0.2) is 11.1 Å². The Labute approximate surface area is 133 Å². The molecule has 0 radical (unpaired) electrons. The molecule has 0 saturated carbocycles. The SMILES string of the molecule is CC#CC1(Cl)[C@@H](OC)[C@@H]([C@H](C)O)O[C@H]1n1ccc(N)nc1=O. The summed E-state index contributed by atoms with van der Waals surface area (Å²) in [6.45, 7) is 3.17. The molecule has 1 saturated heterocycles. The van der Waals surface area contributed by atoms with Crippen LogP contribution in [0.4, 0.5) is 5.82 Å². The highest BCUT2D eigenvalue weighted by molar-refractivity contribution is 6.27. The first kappa shape index (κ1) is 16.8. The van der Waals surface area contributed by atoms with E-state index in [0.29, 0.717) is 0 Å². The summed E-state index contributed by atoms with van der Waals surface area (Å²) in [5, 5.41) is 9.90. The van der Waals surface area contributed by atoms with Crippen molar-refractivity contribution in [2.24, 2.45) is 0 Å². The molecule has 2 rings (SSSR count). The fraction of sp³-hybridized carbons (Fsp3) is 0.571. The van der Waals surface area contributed by atoms with Crippen LogP contribution in [0.5, 0.6) is 0 Å². The Bertz CT molecular complexity index is 666. The van der Waals surface area contributed by atoms with Crippen molar-refractivity contribution in [3.63, 3.8) is 0 Å². The predicted molar refractivity (Wildman–Crippen MR) is 81.3 cm³/mol. The summed E-state index contributed by atoms with van der Waals surface area (Å²) < 4.78 is 12.4. The van der Waals surface area contributed by atoms with E-state index >= 15 is 0 Å². The van der Waals surface area contributed by atoms with Gasteiger partial charge in [-0.25, -0.2) is 4.79 Å². The van der Waals surface area contributed by atoms with E-state index in [9.17, 15) is 9.90 Å². The van der Waals surface area contributed by atoms with Gasteiger partial charge in [-0.05, 0) is 19.9 Å². The van der Waals surface area contributed by atoms with E-state index in [1.165, 1.54) is 23.9 Å². The summed E-state index contributed by atoms with van der Waals surface area (Å²) in [5.41, 5.74) is 4.87. The molecule has 1 aromatic rings. The lowest BCUT2D eigenvalue weighted by atomic mass is 9.96. The van der Waals surface area contributed by atoms with Crippen LogP contribution in [0, 0.1) is 11.8 Å². The molecule has 1 fully saturated rings. The summed E-state index contributed by atoms with van der Waals surface area (Å²) >= 11 is 6.63. The van der Waals surface area contributed by atoms with Gasteiger partial charge in [0.05, 0.1) is 6.10 Å². The maximum atomic E-state index is 12.1. The maximum Gasteiger partial charge on any atom is 0.351 e. The predicted octanol–water partition coefficient (Wildman–Crippen LogP) is 0.120. The number of aliphatic hydroxyl groups is 1. The molecule has 0 aliphatic carbocycles. The van der Waals surface area contributed by atoms with Crippen LogP contribution in [0.2, 0.25) is 0 Å². The Morgan fingerprint density at radius 1 is 1.68 bits per heavy atom. The molecule has 0 amide bonds. The lowest BCUT2D eigenvalue weighted by Gasteiger charge is -2.28. The Balaban J connectivity index is 2.57. The van der Waals surface area contributed by atoms with Crippen LogP contribution in [0.3, 0.4) is 0 Å². The zero-order valence-corrected chi connectivity index (χ0v) is 13.2. The molecule has 0 aromatic carbocycles. The Morgan fingerprint density at radius 2 is 2.36 bits per heavy atom. The van der Waals surface area contributed by atoms with Gasteiger partial charge in [0, 0.05) is 13.3 Å². The van der Waals surface area contributed by atoms with Crippen molar-refractivity contribution in [3.8, 4) is 11.8 Å². The second-order valence-electron chi connectivity index (χ2n) is 5.04. The molecule has 120 valence electrons. The fourth-order valence-electron chi connectivity index (χ4n) is 2.57. The number of rotatable bonds is 3. The van der Waals surface area contributed by atoms with Gasteiger partial charge >= 0.3 is 5.69 Å². The first-order valence-corrected chi connectivity index (χ1v) is 7.06. The van der Waals surface area contributed by atoms with Crippen molar-refractivity contribution in [1.82, 2.24) is 9.55 Å². The number of nitrogen functional groups attached to an aromatic ring is 1. The lowest BCUT2D eigenvalue weighted by molar-refractivity contribution is -0.0837. The highest BCUT2D eigenvalue weighted by Gasteiger charge is 2.58. The van der Waals surface area contributed by atoms with E-state index in [0.717, 1.165) is 0 Å². The van der Waals surface area contributed by atoms with E-state index in [2.05, 4.69) is 16.8 Å². The highest BCUT2D eigenvalue weighted by atomic mass is 35.5. The maximum absolute atomic E-state index is 12.1. The number of anilines is 1. The van der Waals surface area contributed by atoms with E-state index in [1.807, 2.05) is 0 Å². The molecule has 7 nitrogen and oxygen atoms in total. The van der Waals surface area contributed by atoms with Gasteiger partial charge in [-0.15, -0.1) is 5.92 Å². The lowest BCUT2D eigenvalue weighted by Crippen LogP contribution is -2.45. The van der Waals surface area contributed by atoms with Crippen LogP contribution in [-0.4, -0.2) is 45.0 Å². The number of nitrogens with zero attached hydrogens (tertiary/aromatic N) is 2. The average Bonchev–Trinajstić information content (AvgIpc) is 2.72. The standard InChI is InChI=1S/C14H18ClN3O4/c1-4-6-14(15)11(21-3)10(8(2)19)22-12(14)18-7-5-9(16)17-13(18)20/h5,7-8,10-12,19H,1-3H3,(H2,16,17,20)/t8-,10+,11-,12+,14?/m0/s1. The average molecular weight is 328 g/mol. The molecule has 8 heteroatoms. The number of aliphatic hydroxyl groups excluding tert-OH is 1. The topological polar surface area (TPSA) is 99.6 Å². The van der Waals surface area contributed by atoms with Crippen molar-refractivity contribution in [2.75, 3.05) is 12.8 Å². The molecule has 1 aliphatic rings. The van der Waals surface area contributed by atoms with Crippen molar-refractivity contribution in [3.05, 3.63) is 22.7 Å². The third kappa shape index (κ3) is 2.71. The molecule has 1 aliphatic heterocycles. The Hall–Kier alpha value is -1.59. The third-order valence-electron chi connectivity index (χ3n) is 3.51. The third-order valence-corrected chi connectivity index (χ3v) is 4.00. The summed E-state index contributed by atoms with van der Waals surface area (Å²) in [7, 11) is 1.45. The van der Waals surface area contributed by atoms with E-state index in [4.69, 9.17) is 26.8 Å². The van der Waals surface area contributed by atoms with Crippen LogP contribution in [0.25, 0.3) is 0 Å². The molecule has 3 N–H and O–H groups in total. The Kier molecular flexibility index (Phi) is 4.78. The van der Waals surface area contributed by atoms with Crippen LogP contribution in [-0.2, 0) is 9.47 Å². The van der Waals surface area contributed by atoms with Gasteiger partial charge in [0.1, 0.15) is 18.0 Å². The monoisotopic (exact) mass is 327 g/mol. The van der Waals surface area contributed by atoms with Crippen LogP contribution in [0.1, 0.15) is 20.1 Å². The molecule has 0 spiro atoms. The van der Waals surface area contributed by atoms with Gasteiger partial charge in [0.25, 0.3) is 0 Å². The van der Waals surface area contributed by atoms with Crippen LogP contribution in [0.15, 0.2) is 17.1 Å². The Morgan fingerprint density at radius 3 is 2.86 bits per heavy atom. The van der Waals surface area contributed by atoms with E-state index in [1.54, 1.807) is 13.8 Å². The second kappa shape index (κ2) is 6.26. The minimum Gasteiger partial charge on any atom is -0.391 e. The minimum absolute atomic E-state index is 0.0939. The van der Waals surface area contributed by atoms with Crippen molar-refractivity contribution >= 4 is 17.4 Å². The van der Waals surface area contributed by atoms with Crippen molar-refractivity contribution in [2.45, 2.75) is 43.3 Å². The highest BCUT2D eigenvalue weighted by Crippen LogP contribution is 2.45. The van der Waals surface area contributed by atoms with Gasteiger partial charge in [0.2, 0.25) is 0 Å². The molecule has 2 heterocycles. The molecule has 5 atom stereocenters. The summed E-state index contributed by atoms with van der Waals surface area (Å²) in [6.07, 6.45) is -1.86. The van der Waals surface area contributed by atoms with Gasteiger partial charge in [-0.3, -0.25) is 4.57 Å². The number of alkyl halides is 1. The number of halogens is 1. The smallest absolute Gasteiger partial charge is 0.351 e. The van der Waals surface area contributed by atoms with Gasteiger partial charge in [-0.2, -0.15) is 4.98 Å². The van der Waals surface area contributed by atoms with Crippen LogP contribution < -0.4 is 11.4 Å². The van der Waals surface area contributed by atoms with Crippen molar-refractivity contribution in [1.29, 1.82) is 0 Å². The second-order valence-corrected chi connectivity index (χ2v) is 5.66. The summed E-state index contributed by atoms with van der Waals surface area (Å²) in [5.74, 6) is 5.65. The summed E-state index contributed by atoms with van der Waals surface area (Å²) in [6, 6.07) is 1.46. The molecule has 22 heavy (non-hydrogen) atoms. The van der Waals surface area contributed by atoms with E-state index < -0.39 is 35.1 Å². The van der Waals surface area contributed by atoms with Crippen LogP contribution >= 0.6 is 11.6 Å². The molecular weight excluding hydrogens is 310 g/mol. The number of methoxy groups -OCH3 is 1. The number of nitrogens with two attached hydrogens (primary N) is 1. The van der Waals surface area contributed by atoms with E-state index in [-0.39, 0.29) is 5.82 Å². The normalized spacial score (nSPS) is 32.3. The molecular formula is C14H18ClN3O4. The number of aromatic nitrogens is 2. The molecule has 1 aromatic heterocycles. The first-order valence-electron chi connectivity index (χ1n) is 6.69. The zero-order valence-electron chi connectivity index (χ0n) is 12.5. The van der Waals surface area contributed by atoms with Crippen molar-refractivity contribution < 1.29 is 14.6 Å².